The summed E-state index contributed by atoms with van der Waals surface area (Å²) in [5, 5.41) is 0. The van der Waals surface area contributed by atoms with Crippen molar-refractivity contribution < 1.29 is 12.8 Å². The lowest BCUT2D eigenvalue weighted by atomic mass is 9.97. The van der Waals surface area contributed by atoms with E-state index in [9.17, 15) is 8.42 Å². The smallest absolute Gasteiger partial charge is 0.244 e. The topological polar surface area (TPSA) is 88.6 Å². The highest BCUT2D eigenvalue weighted by Gasteiger charge is 2.24. The lowest BCUT2D eigenvalue weighted by Crippen LogP contribution is -2.38. The van der Waals surface area contributed by atoms with Crippen LogP contribution in [0.2, 0.25) is 0 Å². The third-order valence-corrected chi connectivity index (χ3v) is 5.66. The summed E-state index contributed by atoms with van der Waals surface area (Å²) < 4.78 is 32.7. The summed E-state index contributed by atoms with van der Waals surface area (Å²) in [6, 6.07) is 1.51. The summed E-state index contributed by atoms with van der Waals surface area (Å²) >= 11 is 0. The molecule has 0 amide bonds. The van der Waals surface area contributed by atoms with Gasteiger partial charge in [0.1, 0.15) is 16.4 Å². The molecule has 0 bridgehead atoms. The Kier molecular flexibility index (Phi) is 5.43. The van der Waals surface area contributed by atoms with Gasteiger partial charge in [-0.3, -0.25) is 0 Å². The van der Waals surface area contributed by atoms with Crippen molar-refractivity contribution in [2.45, 2.75) is 38.1 Å². The first-order valence-corrected chi connectivity index (χ1v) is 8.96. The van der Waals surface area contributed by atoms with Gasteiger partial charge in [-0.25, -0.2) is 13.1 Å². The van der Waals surface area contributed by atoms with E-state index in [0.29, 0.717) is 24.0 Å². The standard InChI is InChI=1S/C14H25N3O3S/c1-3-17-6-4-12(5-7-17)10-16-21(18,19)14-8-13(9-15)20-11(14)2/h8,12,16H,3-7,9-10,15H2,1-2H3. The molecule has 0 aromatic carbocycles. The van der Waals surface area contributed by atoms with E-state index in [1.54, 1.807) is 6.92 Å². The van der Waals surface area contributed by atoms with Gasteiger partial charge in [0.25, 0.3) is 0 Å². The van der Waals surface area contributed by atoms with Crippen LogP contribution < -0.4 is 10.5 Å². The largest absolute Gasteiger partial charge is 0.464 e. The Labute approximate surface area is 126 Å². The molecule has 1 aromatic rings. The van der Waals surface area contributed by atoms with Gasteiger partial charge in [0.05, 0.1) is 6.54 Å². The SMILES string of the molecule is CCN1CCC(CNS(=O)(=O)c2cc(CN)oc2C)CC1. The molecule has 1 aromatic heterocycles. The summed E-state index contributed by atoms with van der Waals surface area (Å²) in [7, 11) is -3.51. The average molecular weight is 315 g/mol. The van der Waals surface area contributed by atoms with Gasteiger partial charge in [-0.05, 0) is 45.3 Å². The molecule has 0 atom stereocenters. The third-order valence-electron chi connectivity index (χ3n) is 4.13. The fraction of sp³-hybridized carbons (Fsp3) is 0.714. The van der Waals surface area contributed by atoms with E-state index >= 15 is 0 Å². The molecule has 1 saturated heterocycles. The van der Waals surface area contributed by atoms with Crippen LogP contribution in [-0.4, -0.2) is 39.5 Å². The Balaban J connectivity index is 1.94. The van der Waals surface area contributed by atoms with E-state index < -0.39 is 10.0 Å². The van der Waals surface area contributed by atoms with Gasteiger partial charge < -0.3 is 15.1 Å². The highest BCUT2D eigenvalue weighted by Crippen LogP contribution is 2.21. The molecule has 2 rings (SSSR count). The van der Waals surface area contributed by atoms with Crippen molar-refractivity contribution in [2.24, 2.45) is 11.7 Å². The molecule has 0 radical (unpaired) electrons. The van der Waals surface area contributed by atoms with Gasteiger partial charge in [-0.1, -0.05) is 6.92 Å². The second-order valence-corrected chi connectivity index (χ2v) is 7.30. The summed E-state index contributed by atoms with van der Waals surface area (Å²) in [6.45, 7) is 7.64. The van der Waals surface area contributed by atoms with E-state index in [-0.39, 0.29) is 11.4 Å². The maximum absolute atomic E-state index is 12.3. The van der Waals surface area contributed by atoms with Gasteiger partial charge in [-0.2, -0.15) is 0 Å². The Morgan fingerprint density at radius 2 is 2.10 bits per heavy atom. The number of hydrogen-bond acceptors (Lipinski definition) is 5. The number of likely N-dealkylation sites (tertiary alicyclic amines) is 1. The minimum absolute atomic E-state index is 0.200. The predicted octanol–water partition coefficient (Wildman–Crippen LogP) is 1.06. The number of nitrogens with two attached hydrogens (primary N) is 1. The molecule has 3 N–H and O–H groups in total. The maximum atomic E-state index is 12.3. The normalized spacial score (nSPS) is 18.2. The van der Waals surface area contributed by atoms with Crippen molar-refractivity contribution in [1.29, 1.82) is 0 Å². The summed E-state index contributed by atoms with van der Waals surface area (Å²) in [6.07, 6.45) is 2.07. The van der Waals surface area contributed by atoms with Gasteiger partial charge in [-0.15, -0.1) is 0 Å². The molecule has 0 saturated carbocycles. The number of piperidine rings is 1. The maximum Gasteiger partial charge on any atom is 0.244 e. The van der Waals surface area contributed by atoms with Crippen LogP contribution in [0, 0.1) is 12.8 Å². The highest BCUT2D eigenvalue weighted by atomic mass is 32.2. The molecule has 0 spiro atoms. The monoisotopic (exact) mass is 315 g/mol. The van der Waals surface area contributed by atoms with E-state index in [4.69, 9.17) is 10.2 Å². The van der Waals surface area contributed by atoms with Gasteiger partial charge in [0, 0.05) is 12.6 Å². The number of sulfonamides is 1. The zero-order chi connectivity index (χ0) is 15.5. The highest BCUT2D eigenvalue weighted by molar-refractivity contribution is 7.89. The van der Waals surface area contributed by atoms with Crippen LogP contribution in [0.25, 0.3) is 0 Å². The molecule has 120 valence electrons. The molecule has 0 aliphatic carbocycles. The summed E-state index contributed by atoms with van der Waals surface area (Å²) in [5.41, 5.74) is 5.48. The minimum Gasteiger partial charge on any atom is -0.464 e. The van der Waals surface area contributed by atoms with Crippen LogP contribution in [0.3, 0.4) is 0 Å². The van der Waals surface area contributed by atoms with Gasteiger partial charge >= 0.3 is 0 Å². The fourth-order valence-electron chi connectivity index (χ4n) is 2.70. The van der Waals surface area contributed by atoms with Crippen LogP contribution in [0.4, 0.5) is 0 Å². The van der Waals surface area contributed by atoms with Crippen molar-refractivity contribution in [3.05, 3.63) is 17.6 Å². The zero-order valence-corrected chi connectivity index (χ0v) is 13.6. The third kappa shape index (κ3) is 4.06. The number of nitrogens with one attached hydrogen (secondary N) is 1. The molecule has 1 aliphatic heterocycles. The number of nitrogens with zero attached hydrogens (tertiary/aromatic N) is 1. The van der Waals surface area contributed by atoms with Crippen molar-refractivity contribution in [1.82, 2.24) is 9.62 Å². The molecule has 1 aliphatic rings. The minimum atomic E-state index is -3.51. The van der Waals surface area contributed by atoms with Crippen LogP contribution in [0.1, 0.15) is 31.3 Å². The Bertz CT molecular complexity index is 560. The fourth-order valence-corrected chi connectivity index (χ4v) is 4.02. The number of aryl methyl sites for hydroxylation is 1. The molecular formula is C14H25N3O3S. The van der Waals surface area contributed by atoms with E-state index in [1.165, 1.54) is 6.07 Å². The number of rotatable bonds is 6. The van der Waals surface area contributed by atoms with Crippen LogP contribution >= 0.6 is 0 Å². The Hall–Kier alpha value is -0.890. The lowest BCUT2D eigenvalue weighted by Gasteiger charge is -2.30. The second-order valence-electron chi connectivity index (χ2n) is 5.57. The van der Waals surface area contributed by atoms with Crippen molar-refractivity contribution in [3.8, 4) is 0 Å². The van der Waals surface area contributed by atoms with Crippen molar-refractivity contribution in [3.63, 3.8) is 0 Å². The van der Waals surface area contributed by atoms with Gasteiger partial charge in [0.2, 0.25) is 10.0 Å². The molecule has 21 heavy (non-hydrogen) atoms. The van der Waals surface area contributed by atoms with Crippen LogP contribution in [0.5, 0.6) is 0 Å². The Morgan fingerprint density at radius 1 is 1.43 bits per heavy atom. The van der Waals surface area contributed by atoms with Crippen LogP contribution in [0.15, 0.2) is 15.4 Å². The first-order valence-electron chi connectivity index (χ1n) is 7.47. The summed E-state index contributed by atoms with van der Waals surface area (Å²) in [5.74, 6) is 1.29. The molecule has 7 heteroatoms. The summed E-state index contributed by atoms with van der Waals surface area (Å²) in [4.78, 5) is 2.59. The van der Waals surface area contributed by atoms with E-state index in [1.807, 2.05) is 0 Å². The van der Waals surface area contributed by atoms with Gasteiger partial charge in [0.15, 0.2) is 0 Å². The quantitative estimate of drug-likeness (QED) is 0.819. The molecule has 1 fully saturated rings. The lowest BCUT2D eigenvalue weighted by molar-refractivity contribution is 0.193. The van der Waals surface area contributed by atoms with E-state index in [0.717, 1.165) is 32.5 Å². The first kappa shape index (κ1) is 16.5. The van der Waals surface area contributed by atoms with E-state index in [2.05, 4.69) is 16.5 Å². The second kappa shape index (κ2) is 6.91. The predicted molar refractivity (Wildman–Crippen MR) is 81.4 cm³/mol. The molecular weight excluding hydrogens is 290 g/mol. The molecule has 2 heterocycles. The zero-order valence-electron chi connectivity index (χ0n) is 12.8. The Morgan fingerprint density at radius 3 is 2.62 bits per heavy atom. The average Bonchev–Trinajstić information content (AvgIpc) is 2.88. The van der Waals surface area contributed by atoms with Crippen molar-refractivity contribution >= 4 is 10.0 Å². The molecule has 6 nitrogen and oxygen atoms in total. The number of hydrogen-bond donors (Lipinski definition) is 2. The van der Waals surface area contributed by atoms with Crippen LogP contribution in [-0.2, 0) is 16.6 Å². The molecule has 0 unspecified atom stereocenters. The first-order chi connectivity index (χ1) is 9.96. The van der Waals surface area contributed by atoms with Crippen molar-refractivity contribution in [2.75, 3.05) is 26.2 Å². The number of furan rings is 1.